The lowest BCUT2D eigenvalue weighted by atomic mass is 11.3. The third kappa shape index (κ3) is 6.66. The van der Waals surface area contributed by atoms with Gasteiger partial charge in [-0.05, 0) is 13.1 Å². The van der Waals surface area contributed by atoms with E-state index in [0.717, 1.165) is 0 Å². The maximum Gasteiger partial charge on any atom is 0.318 e. The molecular formula is C5H14O4Si2. The third-order valence-corrected chi connectivity index (χ3v) is 3.97. The summed E-state index contributed by atoms with van der Waals surface area (Å²) >= 11 is 0. The van der Waals surface area contributed by atoms with Crippen LogP contribution in [0.3, 0.4) is 0 Å². The second kappa shape index (κ2) is 5.01. The van der Waals surface area contributed by atoms with Crippen molar-refractivity contribution in [3.63, 3.8) is 0 Å². The Morgan fingerprint density at radius 2 is 1.73 bits per heavy atom. The average Bonchev–Trinajstić information content (AvgIpc) is 1.88. The van der Waals surface area contributed by atoms with Crippen LogP contribution in [0, 0.1) is 0 Å². The lowest BCUT2D eigenvalue weighted by Crippen LogP contribution is -2.37. The zero-order valence-corrected chi connectivity index (χ0v) is 9.25. The first-order chi connectivity index (χ1) is 4.99. The SMILES string of the molecule is COC(OC)[Si]O[Si](C)(C)O. The number of methoxy groups -OCH3 is 2. The first-order valence-corrected chi connectivity index (χ1v) is 7.05. The van der Waals surface area contributed by atoms with Gasteiger partial charge in [-0.3, -0.25) is 0 Å². The molecule has 0 aromatic heterocycles. The van der Waals surface area contributed by atoms with Gasteiger partial charge in [0.05, 0.1) is 0 Å². The fraction of sp³-hybridized carbons (Fsp3) is 1.00. The molecule has 0 amide bonds. The molecule has 0 heterocycles. The van der Waals surface area contributed by atoms with Crippen molar-refractivity contribution in [3.8, 4) is 0 Å². The summed E-state index contributed by atoms with van der Waals surface area (Å²) in [5.41, 5.74) is 0. The molecule has 0 saturated heterocycles. The molecule has 0 spiro atoms. The summed E-state index contributed by atoms with van der Waals surface area (Å²) in [4.78, 5) is 9.27. The van der Waals surface area contributed by atoms with Gasteiger partial charge in [0.25, 0.3) is 9.76 Å². The zero-order chi connectivity index (χ0) is 8.91. The molecule has 66 valence electrons. The van der Waals surface area contributed by atoms with Gasteiger partial charge in [-0.25, -0.2) is 0 Å². The quantitative estimate of drug-likeness (QED) is 0.490. The van der Waals surface area contributed by atoms with E-state index in [1.54, 1.807) is 13.1 Å². The highest BCUT2D eigenvalue weighted by atomic mass is 28.4. The van der Waals surface area contributed by atoms with Gasteiger partial charge < -0.3 is 18.4 Å². The lowest BCUT2D eigenvalue weighted by molar-refractivity contribution is -0.0499. The van der Waals surface area contributed by atoms with Crippen molar-refractivity contribution < 1.29 is 18.4 Å². The van der Waals surface area contributed by atoms with Gasteiger partial charge >= 0.3 is 8.56 Å². The van der Waals surface area contributed by atoms with Crippen LogP contribution in [0.15, 0.2) is 0 Å². The van der Waals surface area contributed by atoms with Crippen molar-refractivity contribution >= 4 is 18.3 Å². The van der Waals surface area contributed by atoms with Crippen LogP contribution in [-0.2, 0) is 13.6 Å². The van der Waals surface area contributed by atoms with Crippen LogP contribution < -0.4 is 0 Å². The van der Waals surface area contributed by atoms with E-state index in [2.05, 4.69) is 0 Å². The third-order valence-electron chi connectivity index (χ3n) is 0.833. The molecule has 0 rings (SSSR count). The Morgan fingerprint density at radius 3 is 2.00 bits per heavy atom. The van der Waals surface area contributed by atoms with Gasteiger partial charge in [0.15, 0.2) is 5.91 Å². The summed E-state index contributed by atoms with van der Waals surface area (Å²) in [5.74, 6) is -0.353. The molecule has 0 aliphatic heterocycles. The van der Waals surface area contributed by atoms with E-state index in [-0.39, 0.29) is 15.7 Å². The van der Waals surface area contributed by atoms with Crippen molar-refractivity contribution in [2.75, 3.05) is 14.2 Å². The minimum Gasteiger partial charge on any atom is -0.433 e. The molecule has 0 aliphatic rings. The van der Waals surface area contributed by atoms with Crippen LogP contribution in [0.1, 0.15) is 0 Å². The number of hydrogen-bond acceptors (Lipinski definition) is 4. The highest BCUT2D eigenvalue weighted by molar-refractivity contribution is 6.68. The van der Waals surface area contributed by atoms with Crippen LogP contribution in [0.5, 0.6) is 0 Å². The summed E-state index contributed by atoms with van der Waals surface area (Å²) < 4.78 is 14.9. The van der Waals surface area contributed by atoms with Gasteiger partial charge in [-0.1, -0.05) is 0 Å². The summed E-state index contributed by atoms with van der Waals surface area (Å²) in [6, 6.07) is 0. The zero-order valence-electron chi connectivity index (χ0n) is 7.25. The predicted molar refractivity (Wildman–Crippen MR) is 44.3 cm³/mol. The molecule has 2 radical (unpaired) electrons. The van der Waals surface area contributed by atoms with Crippen molar-refractivity contribution in [1.29, 1.82) is 0 Å². The first-order valence-electron chi connectivity index (χ1n) is 3.21. The molecule has 0 atom stereocenters. The van der Waals surface area contributed by atoms with E-state index >= 15 is 0 Å². The van der Waals surface area contributed by atoms with Crippen molar-refractivity contribution in [3.05, 3.63) is 0 Å². The van der Waals surface area contributed by atoms with Crippen LogP contribution in [0.4, 0.5) is 0 Å². The Labute approximate surface area is 70.7 Å². The molecule has 0 aromatic carbocycles. The highest BCUT2D eigenvalue weighted by Crippen LogP contribution is 1.99. The second-order valence-corrected chi connectivity index (χ2v) is 6.89. The molecule has 1 N–H and O–H groups in total. The van der Waals surface area contributed by atoms with E-state index in [1.807, 2.05) is 0 Å². The topological polar surface area (TPSA) is 47.9 Å². The standard InChI is InChI=1S/C5H14O4Si2/c1-7-5(8-2)10-9-11(3,4)6/h5-6H,1-4H3. The predicted octanol–water partition coefficient (Wildman–Crippen LogP) is -0.107. The summed E-state index contributed by atoms with van der Waals surface area (Å²) in [6.45, 7) is 3.39. The Balaban J connectivity index is 3.51. The molecule has 0 saturated carbocycles. The Hall–Kier alpha value is 0.274. The lowest BCUT2D eigenvalue weighted by Gasteiger charge is -2.18. The minimum atomic E-state index is -2.40. The maximum absolute atomic E-state index is 9.27. The van der Waals surface area contributed by atoms with Crippen LogP contribution >= 0.6 is 0 Å². The maximum atomic E-state index is 9.27. The van der Waals surface area contributed by atoms with Gasteiger partial charge in [-0.15, -0.1) is 0 Å². The smallest absolute Gasteiger partial charge is 0.318 e. The fourth-order valence-corrected chi connectivity index (χ4v) is 2.12. The van der Waals surface area contributed by atoms with Gasteiger partial charge in [0.1, 0.15) is 0 Å². The Kier molecular flexibility index (Phi) is 5.14. The molecule has 0 bridgehead atoms. The van der Waals surface area contributed by atoms with Gasteiger partial charge in [-0.2, -0.15) is 0 Å². The number of ether oxygens (including phenoxy) is 2. The molecule has 6 heteroatoms. The van der Waals surface area contributed by atoms with Gasteiger partial charge in [0.2, 0.25) is 0 Å². The van der Waals surface area contributed by atoms with E-state index < -0.39 is 8.56 Å². The van der Waals surface area contributed by atoms with E-state index in [1.165, 1.54) is 14.2 Å². The van der Waals surface area contributed by atoms with E-state index in [0.29, 0.717) is 0 Å². The molecule has 4 nitrogen and oxygen atoms in total. The molecule has 0 unspecified atom stereocenters. The first kappa shape index (κ1) is 11.3. The fourth-order valence-electron chi connectivity index (χ4n) is 0.385. The largest absolute Gasteiger partial charge is 0.433 e. The Bertz CT molecular complexity index is 99.1. The normalized spacial score (nSPS) is 12.5. The summed E-state index contributed by atoms with van der Waals surface area (Å²) in [6.07, 6.45) is 0. The number of rotatable bonds is 5. The molecule has 0 aromatic rings. The van der Waals surface area contributed by atoms with E-state index in [9.17, 15) is 4.80 Å². The minimum absolute atomic E-state index is 0.0421. The van der Waals surface area contributed by atoms with Crippen molar-refractivity contribution in [2.45, 2.75) is 19.0 Å². The Morgan fingerprint density at radius 1 is 1.27 bits per heavy atom. The molecule has 0 aliphatic carbocycles. The van der Waals surface area contributed by atoms with Crippen molar-refractivity contribution in [2.24, 2.45) is 0 Å². The molecule has 0 fully saturated rings. The average molecular weight is 194 g/mol. The van der Waals surface area contributed by atoms with Crippen LogP contribution in [0.25, 0.3) is 0 Å². The summed E-state index contributed by atoms with van der Waals surface area (Å²) in [7, 11) is 0.718. The van der Waals surface area contributed by atoms with E-state index in [4.69, 9.17) is 13.6 Å². The molecular weight excluding hydrogens is 180 g/mol. The van der Waals surface area contributed by atoms with Crippen molar-refractivity contribution in [1.82, 2.24) is 0 Å². The van der Waals surface area contributed by atoms with Gasteiger partial charge in [0, 0.05) is 14.2 Å². The van der Waals surface area contributed by atoms with Crippen LogP contribution in [-0.4, -0.2) is 43.3 Å². The molecule has 11 heavy (non-hydrogen) atoms. The number of hydrogen-bond donors (Lipinski definition) is 1. The monoisotopic (exact) mass is 194 g/mol. The second-order valence-electron chi connectivity index (χ2n) is 2.47. The highest BCUT2D eigenvalue weighted by Gasteiger charge is 2.21. The van der Waals surface area contributed by atoms with Crippen LogP contribution in [0.2, 0.25) is 13.1 Å². The summed E-state index contributed by atoms with van der Waals surface area (Å²) in [5, 5.41) is 0.